The number of anilines is 3. The number of hydrogen-bond donors (Lipinski definition) is 5. The van der Waals surface area contributed by atoms with Gasteiger partial charge in [0.15, 0.2) is 0 Å². The molecule has 5 amide bonds. The van der Waals surface area contributed by atoms with Crippen molar-refractivity contribution in [2.24, 2.45) is 31.8 Å². The summed E-state index contributed by atoms with van der Waals surface area (Å²) in [5, 5.41) is 22.1. The van der Waals surface area contributed by atoms with E-state index in [-0.39, 0.29) is 117 Å². The number of carboxylic acids is 1. The molecule has 0 spiro atoms. The fourth-order valence-corrected chi connectivity index (χ4v) is 17.2. The van der Waals surface area contributed by atoms with E-state index in [1.807, 2.05) is 28.0 Å². The molecule has 4 saturated heterocycles. The van der Waals surface area contributed by atoms with Crippen LogP contribution in [0.25, 0.3) is 43.8 Å². The minimum absolute atomic E-state index is 0.00774. The summed E-state index contributed by atoms with van der Waals surface area (Å²) < 4.78 is 117. The Morgan fingerprint density at radius 2 is 1.04 bits per heavy atom. The number of aromatic nitrogens is 4. The molecule has 5 N–H and O–H groups in total. The van der Waals surface area contributed by atoms with Gasteiger partial charge in [0.1, 0.15) is 51.8 Å². The summed E-state index contributed by atoms with van der Waals surface area (Å²) in [7, 11) is 8.86. The number of carbonyl (C=O) groups is 6. The molecule has 0 saturated carbocycles. The zero-order valence-corrected chi connectivity index (χ0v) is 66.3. The number of fused-ring (bicyclic) bond motifs is 4. The second-order valence-corrected chi connectivity index (χ2v) is 30.9. The zero-order chi connectivity index (χ0) is 84.3. The van der Waals surface area contributed by atoms with Gasteiger partial charge in [0, 0.05) is 137 Å². The van der Waals surface area contributed by atoms with Gasteiger partial charge in [0.05, 0.1) is 63.7 Å². The number of benzene rings is 6. The lowest BCUT2D eigenvalue weighted by atomic mass is 9.84. The third-order valence-corrected chi connectivity index (χ3v) is 23.2. The summed E-state index contributed by atoms with van der Waals surface area (Å²) in [6.45, 7) is 1.66. The van der Waals surface area contributed by atoms with Crippen molar-refractivity contribution in [1.82, 2.24) is 40.0 Å². The highest BCUT2D eigenvalue weighted by Gasteiger charge is 2.46. The van der Waals surface area contributed by atoms with E-state index in [1.165, 1.54) is 62.1 Å². The molecule has 6 aliphatic rings. The van der Waals surface area contributed by atoms with Crippen LogP contribution in [0.2, 0.25) is 0 Å². The molecule has 2 atom stereocenters. The van der Waals surface area contributed by atoms with Crippen molar-refractivity contribution in [2.45, 2.75) is 102 Å². The lowest BCUT2D eigenvalue weighted by molar-refractivity contribution is -0.137. The number of alkyl halides is 4. The summed E-state index contributed by atoms with van der Waals surface area (Å²) >= 11 is 0. The Morgan fingerprint density at radius 3 is 1.54 bits per heavy atom. The number of aromatic carboxylic acids is 1. The van der Waals surface area contributed by atoms with Gasteiger partial charge in [-0.3, -0.25) is 54.2 Å². The number of carboxylic acid groups (broad SMARTS) is 1. The average molecular weight is 1630 g/mol. The van der Waals surface area contributed by atoms with E-state index in [9.17, 15) is 56.6 Å². The summed E-state index contributed by atoms with van der Waals surface area (Å²) in [5.41, 5.74) is 6.82. The minimum Gasteiger partial charge on any atom is -0.496 e. The summed E-state index contributed by atoms with van der Waals surface area (Å²) in [5.74, 6) is -9.44. The van der Waals surface area contributed by atoms with Gasteiger partial charge in [-0.1, -0.05) is 42.5 Å². The Morgan fingerprint density at radius 1 is 0.555 bits per heavy atom. The third-order valence-electron chi connectivity index (χ3n) is 23.2. The highest BCUT2D eigenvalue weighted by atomic mass is 19.3. The molecular weight excluding hydrogens is 1550 g/mol. The number of nitrogens with zero attached hydrogens (tertiary/aromatic N) is 7. The molecule has 2 unspecified atom stereocenters. The Balaban J connectivity index is 0.000000163. The molecule has 30 heteroatoms. The Hall–Kier alpha value is -12.6. The molecule has 24 nitrogen and oxygen atoms in total. The number of halogens is 6. The second kappa shape index (κ2) is 34.9. The first-order chi connectivity index (χ1) is 57.1. The zero-order valence-electron chi connectivity index (χ0n) is 66.3. The van der Waals surface area contributed by atoms with Crippen LogP contribution in [-0.4, -0.2) is 138 Å². The van der Waals surface area contributed by atoms with E-state index in [1.54, 1.807) is 118 Å². The van der Waals surface area contributed by atoms with E-state index in [0.717, 1.165) is 34.4 Å². The van der Waals surface area contributed by atoms with Crippen LogP contribution in [-0.2, 0) is 77.5 Å². The average Bonchev–Trinajstić information content (AvgIpc) is 0.769. The van der Waals surface area contributed by atoms with Crippen molar-refractivity contribution in [3.8, 4) is 45.3 Å². The number of piperidine rings is 4. The maximum atomic E-state index is 16.4. The largest absolute Gasteiger partial charge is 0.496 e. The summed E-state index contributed by atoms with van der Waals surface area (Å²) in [6, 6.07) is 29.7. The van der Waals surface area contributed by atoms with Crippen LogP contribution in [0.3, 0.4) is 0 Å². The van der Waals surface area contributed by atoms with Crippen molar-refractivity contribution < 1.29 is 79.2 Å². The number of pyridine rings is 4. The van der Waals surface area contributed by atoms with Crippen LogP contribution in [0, 0.1) is 29.4 Å². The maximum Gasteiger partial charge on any atom is 0.343 e. The predicted octanol–water partition coefficient (Wildman–Crippen LogP) is 12.6. The van der Waals surface area contributed by atoms with Gasteiger partial charge in [0.2, 0.25) is 23.6 Å². The second-order valence-electron chi connectivity index (χ2n) is 30.9. The van der Waals surface area contributed by atoms with Gasteiger partial charge in [-0.15, -0.1) is 0 Å². The molecule has 620 valence electrons. The first-order valence-corrected chi connectivity index (χ1v) is 39.3. The van der Waals surface area contributed by atoms with Gasteiger partial charge in [-0.25, -0.2) is 13.6 Å². The number of aryl methyl sites for hydroxylation is 2. The fourth-order valence-electron chi connectivity index (χ4n) is 17.2. The molecule has 6 aromatic carbocycles. The number of hydrogen-bond acceptors (Lipinski definition) is 18. The van der Waals surface area contributed by atoms with Crippen molar-refractivity contribution in [2.75, 3.05) is 82.8 Å². The molecule has 10 aromatic rings. The molecule has 10 heterocycles. The molecule has 4 fully saturated rings. The first kappa shape index (κ1) is 82.9. The number of rotatable bonds is 18. The van der Waals surface area contributed by atoms with E-state index in [2.05, 4.69) is 31.2 Å². The molecule has 119 heavy (non-hydrogen) atoms. The van der Waals surface area contributed by atoms with Crippen molar-refractivity contribution in [3.63, 3.8) is 0 Å². The topological polar surface area (TPSA) is 287 Å². The predicted molar refractivity (Wildman–Crippen MR) is 435 cm³/mol. The molecule has 0 radical (unpaired) electrons. The van der Waals surface area contributed by atoms with Crippen LogP contribution in [0.15, 0.2) is 156 Å². The number of carbonyl (C=O) groups excluding carboxylic acids is 5. The standard InChI is InChI=1S/C44H43F3N6O6.C27H30F3N3O2.C18H16N2O5/c1-51-23-32(30-11-14-48-21-31(30)42(51)56)28-18-36(58-2)39(37(19-28)59-3)43(57)53-22-27-6-4-5-26(40(27)44(46,47)24-53)17-25-12-15-52(16-13-25)35-9-7-29(20-33(35)45)49-34-8-10-38(54)50-41(34)55;28-22-14-18(13-20-5-7-24(34)32-26(20)35)4-6-23(22)33-10-8-17(9-11-33)12-19-2-1-3-21-15-31-16-27(29,30)25(19)21;1-20-9-13(11-4-5-19-8-12(11)17(20)21)10-6-14(24-2)16(18(22)23)15(7-10)25-3/h4-7,9,11,14,18-21,23,25,34,49H,8,10,12-13,15-17,22,24H2,1-3H3,(H,50,54,55);1-4,6,14,17,20,31H,5,7-13,15-16H2,(H,32,34,35);4-9H,1-3H3,(H,22,23). The fraction of sp³-hybridized carbons (Fsp3) is 0.348. The third kappa shape index (κ3) is 17.5. The molecule has 6 aliphatic heterocycles. The number of imide groups is 2. The quantitative estimate of drug-likeness (QED) is 0.0394. The van der Waals surface area contributed by atoms with E-state index in [4.69, 9.17) is 18.9 Å². The Bertz CT molecular complexity index is 5720. The Labute approximate surface area is 680 Å². The van der Waals surface area contributed by atoms with Crippen molar-refractivity contribution >= 4 is 74.1 Å². The van der Waals surface area contributed by atoms with Gasteiger partial charge in [0.25, 0.3) is 28.9 Å². The van der Waals surface area contributed by atoms with Gasteiger partial charge < -0.3 is 58.5 Å². The highest BCUT2D eigenvalue weighted by Crippen LogP contribution is 2.46. The van der Waals surface area contributed by atoms with Crippen LogP contribution in [0.1, 0.15) is 111 Å². The van der Waals surface area contributed by atoms with Crippen LogP contribution in [0.5, 0.6) is 23.0 Å². The monoisotopic (exact) mass is 1630 g/mol. The summed E-state index contributed by atoms with van der Waals surface area (Å²) in [4.78, 5) is 111. The number of amides is 5. The molecule has 16 rings (SSSR count). The Kier molecular flexibility index (Phi) is 24.3. The van der Waals surface area contributed by atoms with Gasteiger partial charge in [-0.2, -0.15) is 17.6 Å². The van der Waals surface area contributed by atoms with Crippen LogP contribution in [0.4, 0.5) is 43.4 Å². The van der Waals surface area contributed by atoms with Crippen LogP contribution >= 0.6 is 0 Å². The number of ether oxygens (including phenoxy) is 4. The van der Waals surface area contributed by atoms with E-state index in [0.29, 0.717) is 156 Å². The number of nitrogens with one attached hydrogen (secondary N) is 4. The number of methoxy groups -OCH3 is 4. The smallest absolute Gasteiger partial charge is 0.343 e. The molecule has 4 aromatic heterocycles. The van der Waals surface area contributed by atoms with Crippen molar-refractivity contribution in [3.05, 3.63) is 229 Å². The van der Waals surface area contributed by atoms with E-state index >= 15 is 13.2 Å². The molecule has 0 bridgehead atoms. The SMILES string of the molecule is COc1cc(-c2cn(C)c(=O)c3cnccc23)cc(OC)c1C(=O)N1Cc2cccc(CC3CCN(c4ccc(NC5CCC(=O)NC5=O)cc4F)CC3)c2C(F)(F)C1.COc1cc(-c2cn(C)c(=O)c3cnccc23)cc(OC)c1C(=O)O.O=C1CCC(Cc2ccc(N3CCC(Cc4cccc5c4C(F)(F)CNC5)CC3)c(F)c2)C(=O)N1. The maximum absolute atomic E-state index is 16.4. The molecule has 0 aliphatic carbocycles. The normalized spacial score (nSPS) is 17.8. The minimum atomic E-state index is -3.35. The highest BCUT2D eigenvalue weighted by molar-refractivity contribution is 6.04. The van der Waals surface area contributed by atoms with Crippen molar-refractivity contribution in [1.29, 1.82) is 0 Å². The van der Waals surface area contributed by atoms with Gasteiger partial charge >= 0.3 is 5.97 Å². The lowest BCUT2D eigenvalue weighted by Gasteiger charge is -2.37. The first-order valence-electron chi connectivity index (χ1n) is 39.3. The lowest BCUT2D eigenvalue weighted by Crippen LogP contribution is -2.47. The van der Waals surface area contributed by atoms with Gasteiger partial charge in [-0.05, 0) is 186 Å². The van der Waals surface area contributed by atoms with Crippen LogP contribution < -0.4 is 61.1 Å². The molecular formula is C89H89F6N11O13. The summed E-state index contributed by atoms with van der Waals surface area (Å²) in [6.07, 6.45) is 15.3. The van der Waals surface area contributed by atoms with E-state index < -0.39 is 48.0 Å².